The summed E-state index contributed by atoms with van der Waals surface area (Å²) in [5.41, 5.74) is 7.41. The molecule has 1 aliphatic rings. The summed E-state index contributed by atoms with van der Waals surface area (Å²) in [6.45, 7) is 6.64. The number of hydrogen-bond acceptors (Lipinski definition) is 1. The highest BCUT2D eigenvalue weighted by molar-refractivity contribution is 5.06. The highest BCUT2D eigenvalue weighted by Gasteiger charge is 2.23. The Hall–Kier alpha value is -0.300. The Morgan fingerprint density at radius 3 is 2.73 bits per heavy atom. The van der Waals surface area contributed by atoms with E-state index in [4.69, 9.17) is 5.73 Å². The van der Waals surface area contributed by atoms with E-state index in [9.17, 15) is 0 Å². The molecule has 11 heavy (non-hydrogen) atoms. The predicted octanol–water partition coefficient (Wildman–Crippen LogP) is 2.33. The summed E-state index contributed by atoms with van der Waals surface area (Å²) >= 11 is 0. The molecule has 0 aromatic rings. The van der Waals surface area contributed by atoms with E-state index in [1.807, 2.05) is 0 Å². The Kier molecular flexibility index (Phi) is 2.72. The zero-order valence-corrected chi connectivity index (χ0v) is 7.80. The van der Waals surface area contributed by atoms with Crippen molar-refractivity contribution in [3.05, 3.63) is 11.6 Å². The van der Waals surface area contributed by atoms with Gasteiger partial charge in [-0.25, -0.2) is 0 Å². The van der Waals surface area contributed by atoms with Crippen LogP contribution in [-0.2, 0) is 0 Å². The molecule has 3 unspecified atom stereocenters. The van der Waals surface area contributed by atoms with Crippen LogP contribution in [-0.4, -0.2) is 6.04 Å². The maximum absolute atomic E-state index is 5.89. The number of rotatable bonds is 1. The van der Waals surface area contributed by atoms with Crippen molar-refractivity contribution in [2.24, 2.45) is 17.6 Å². The Balaban J connectivity index is 2.60. The number of nitrogens with two attached hydrogens (primary N) is 1. The standard InChI is InChI=1S/C10H19N/c1-7-4-5-8(2)10(6-7)9(3)11/h4,8-10H,5-6,11H2,1-3H3. The van der Waals surface area contributed by atoms with Gasteiger partial charge in [-0.05, 0) is 38.5 Å². The first-order chi connectivity index (χ1) is 5.11. The van der Waals surface area contributed by atoms with Gasteiger partial charge >= 0.3 is 0 Å². The van der Waals surface area contributed by atoms with Crippen LogP contribution >= 0.6 is 0 Å². The highest BCUT2D eigenvalue weighted by atomic mass is 14.6. The lowest BCUT2D eigenvalue weighted by atomic mass is 9.77. The van der Waals surface area contributed by atoms with Gasteiger partial charge in [-0.15, -0.1) is 0 Å². The lowest BCUT2D eigenvalue weighted by molar-refractivity contribution is 0.296. The number of hydrogen-bond donors (Lipinski definition) is 1. The third-order valence-corrected chi connectivity index (χ3v) is 2.80. The lowest BCUT2D eigenvalue weighted by Gasteiger charge is -2.30. The largest absolute Gasteiger partial charge is 0.328 e. The first-order valence-corrected chi connectivity index (χ1v) is 4.52. The van der Waals surface area contributed by atoms with Crippen LogP contribution < -0.4 is 5.73 Å². The molecule has 1 aliphatic carbocycles. The fourth-order valence-electron chi connectivity index (χ4n) is 1.92. The van der Waals surface area contributed by atoms with E-state index >= 15 is 0 Å². The summed E-state index contributed by atoms with van der Waals surface area (Å²) in [7, 11) is 0. The average molecular weight is 153 g/mol. The minimum Gasteiger partial charge on any atom is -0.328 e. The van der Waals surface area contributed by atoms with Gasteiger partial charge in [0.2, 0.25) is 0 Å². The maximum atomic E-state index is 5.89. The number of allylic oxidation sites excluding steroid dienone is 2. The van der Waals surface area contributed by atoms with E-state index in [0.29, 0.717) is 12.0 Å². The summed E-state index contributed by atoms with van der Waals surface area (Å²) in [5.74, 6) is 1.48. The molecule has 0 aromatic heterocycles. The van der Waals surface area contributed by atoms with Crippen LogP contribution in [0.15, 0.2) is 11.6 Å². The van der Waals surface area contributed by atoms with Crippen molar-refractivity contribution in [1.82, 2.24) is 0 Å². The smallest absolute Gasteiger partial charge is 0.00444 e. The van der Waals surface area contributed by atoms with Crippen molar-refractivity contribution >= 4 is 0 Å². The summed E-state index contributed by atoms with van der Waals surface area (Å²) in [6, 6.07) is 0.355. The monoisotopic (exact) mass is 153 g/mol. The molecule has 1 rings (SSSR count). The quantitative estimate of drug-likeness (QED) is 0.575. The molecular formula is C10H19N. The third-order valence-electron chi connectivity index (χ3n) is 2.80. The van der Waals surface area contributed by atoms with Crippen LogP contribution in [0, 0.1) is 11.8 Å². The normalized spacial score (nSPS) is 34.7. The Morgan fingerprint density at radius 2 is 2.27 bits per heavy atom. The van der Waals surface area contributed by atoms with Crippen molar-refractivity contribution in [1.29, 1.82) is 0 Å². The fourth-order valence-corrected chi connectivity index (χ4v) is 1.92. The van der Waals surface area contributed by atoms with Gasteiger partial charge < -0.3 is 5.73 Å². The molecule has 0 aliphatic heterocycles. The van der Waals surface area contributed by atoms with Gasteiger partial charge in [0, 0.05) is 6.04 Å². The zero-order valence-electron chi connectivity index (χ0n) is 7.80. The van der Waals surface area contributed by atoms with Crippen LogP contribution in [0.1, 0.15) is 33.6 Å². The van der Waals surface area contributed by atoms with E-state index < -0.39 is 0 Å². The molecule has 1 heteroatoms. The van der Waals surface area contributed by atoms with Crippen molar-refractivity contribution in [2.45, 2.75) is 39.7 Å². The van der Waals surface area contributed by atoms with Gasteiger partial charge in [0.25, 0.3) is 0 Å². The predicted molar refractivity (Wildman–Crippen MR) is 49.3 cm³/mol. The van der Waals surface area contributed by atoms with Gasteiger partial charge in [-0.2, -0.15) is 0 Å². The van der Waals surface area contributed by atoms with Crippen LogP contribution in [0.2, 0.25) is 0 Å². The van der Waals surface area contributed by atoms with Crippen LogP contribution in [0.5, 0.6) is 0 Å². The molecule has 0 bridgehead atoms. The molecule has 0 spiro atoms. The Labute approximate surface area is 69.7 Å². The Bertz CT molecular complexity index is 158. The Morgan fingerprint density at radius 1 is 1.64 bits per heavy atom. The fraction of sp³-hybridized carbons (Fsp3) is 0.800. The molecule has 0 radical (unpaired) electrons. The van der Waals surface area contributed by atoms with Crippen LogP contribution in [0.3, 0.4) is 0 Å². The summed E-state index contributed by atoms with van der Waals surface area (Å²) < 4.78 is 0. The third kappa shape index (κ3) is 2.06. The average Bonchev–Trinajstić information content (AvgIpc) is 1.94. The second-order valence-electron chi connectivity index (χ2n) is 3.99. The summed E-state index contributed by atoms with van der Waals surface area (Å²) in [4.78, 5) is 0. The van der Waals surface area contributed by atoms with Crippen LogP contribution in [0.4, 0.5) is 0 Å². The second kappa shape index (κ2) is 3.40. The molecule has 1 nitrogen and oxygen atoms in total. The van der Waals surface area contributed by atoms with Crippen molar-refractivity contribution < 1.29 is 0 Å². The van der Waals surface area contributed by atoms with Crippen molar-refractivity contribution in [3.63, 3.8) is 0 Å². The molecule has 0 saturated carbocycles. The molecule has 2 N–H and O–H groups in total. The van der Waals surface area contributed by atoms with Gasteiger partial charge in [-0.3, -0.25) is 0 Å². The van der Waals surface area contributed by atoms with E-state index in [1.165, 1.54) is 18.4 Å². The van der Waals surface area contributed by atoms with Crippen molar-refractivity contribution in [3.8, 4) is 0 Å². The maximum Gasteiger partial charge on any atom is 0.00444 e. The minimum atomic E-state index is 0.355. The molecular weight excluding hydrogens is 134 g/mol. The van der Waals surface area contributed by atoms with E-state index in [1.54, 1.807) is 0 Å². The SMILES string of the molecule is CC1=CCC(C)C(C(C)N)C1. The molecule has 64 valence electrons. The topological polar surface area (TPSA) is 26.0 Å². The van der Waals surface area contributed by atoms with E-state index in [-0.39, 0.29) is 0 Å². The van der Waals surface area contributed by atoms with Gasteiger partial charge in [0.15, 0.2) is 0 Å². The first-order valence-electron chi connectivity index (χ1n) is 4.52. The zero-order chi connectivity index (χ0) is 8.43. The van der Waals surface area contributed by atoms with Gasteiger partial charge in [0.05, 0.1) is 0 Å². The molecule has 0 saturated heterocycles. The lowest BCUT2D eigenvalue weighted by Crippen LogP contribution is -2.33. The van der Waals surface area contributed by atoms with E-state index in [0.717, 1.165) is 5.92 Å². The first kappa shape index (κ1) is 8.79. The molecule has 0 aromatic carbocycles. The highest BCUT2D eigenvalue weighted by Crippen LogP contribution is 2.30. The van der Waals surface area contributed by atoms with Crippen molar-refractivity contribution in [2.75, 3.05) is 0 Å². The minimum absolute atomic E-state index is 0.355. The second-order valence-corrected chi connectivity index (χ2v) is 3.99. The van der Waals surface area contributed by atoms with Gasteiger partial charge in [-0.1, -0.05) is 18.6 Å². The van der Waals surface area contributed by atoms with Gasteiger partial charge in [0.1, 0.15) is 0 Å². The molecule has 0 amide bonds. The molecule has 0 heterocycles. The summed E-state index contributed by atoms with van der Waals surface area (Å²) in [6.07, 6.45) is 4.78. The summed E-state index contributed by atoms with van der Waals surface area (Å²) in [5, 5.41) is 0. The van der Waals surface area contributed by atoms with Crippen LogP contribution in [0.25, 0.3) is 0 Å². The van der Waals surface area contributed by atoms with E-state index in [2.05, 4.69) is 26.8 Å². The molecule has 0 fully saturated rings. The molecule has 3 atom stereocenters.